The summed E-state index contributed by atoms with van der Waals surface area (Å²) in [7, 11) is -3.41. The van der Waals surface area contributed by atoms with Gasteiger partial charge in [-0.05, 0) is 97.7 Å². The van der Waals surface area contributed by atoms with E-state index in [0.717, 1.165) is 85.1 Å². The lowest BCUT2D eigenvalue weighted by Crippen LogP contribution is -2.36. The van der Waals surface area contributed by atoms with E-state index in [1.807, 2.05) is 24.3 Å². The number of hydrogen-bond acceptors (Lipinski definition) is 7. The van der Waals surface area contributed by atoms with E-state index in [2.05, 4.69) is 36.5 Å². The highest BCUT2D eigenvalue weighted by Crippen LogP contribution is 2.39. The Bertz CT molecular complexity index is 1500. The fraction of sp³-hybridized carbons (Fsp3) is 0.562. The number of aryl methyl sites for hydroxylation is 1. The number of Topliss-reactive ketones (excluding diaryl/α,β-unsaturated/α-hetero) is 1. The Labute approximate surface area is 248 Å². The van der Waals surface area contributed by atoms with Crippen LogP contribution in [0.5, 0.6) is 0 Å². The molecule has 1 saturated heterocycles. The van der Waals surface area contributed by atoms with Crippen molar-refractivity contribution in [3.05, 3.63) is 58.1 Å². The Morgan fingerprint density at radius 1 is 1.17 bits per heavy atom. The maximum atomic E-state index is 13.7. The van der Waals surface area contributed by atoms with Crippen molar-refractivity contribution in [3.8, 4) is 0 Å². The Morgan fingerprint density at radius 3 is 2.63 bits per heavy atom. The van der Waals surface area contributed by atoms with Crippen LogP contribution in [-0.2, 0) is 22.9 Å². The number of nitrogens with one attached hydrogen (secondary N) is 1. The average Bonchev–Trinajstić information content (AvgIpc) is 3.32. The van der Waals surface area contributed by atoms with Gasteiger partial charge >= 0.3 is 0 Å². The second kappa shape index (κ2) is 12.1. The molecule has 5 rings (SSSR count). The third-order valence-electron chi connectivity index (χ3n) is 8.82. The standard InChI is InChI=1S/C32H43N3O4S2/c1-32(2,3)25-8-9-28-23(17-25)16-24-20-30(40-31(24)33-28)29(37)19-22(10-13-35-14-11-27(36)12-15-35)21-6-5-7-26(18-21)34-41(4,38)39/h5-7,16,18,20,22,25,27,34,36H,8-15,17,19H2,1-4H3/t22-,25-/m0/s1. The number of benzene rings is 1. The van der Waals surface area contributed by atoms with Gasteiger partial charge in [-0.15, -0.1) is 11.3 Å². The first-order valence-electron chi connectivity index (χ1n) is 14.8. The molecule has 0 saturated carbocycles. The molecule has 2 N–H and O–H groups in total. The lowest BCUT2D eigenvalue weighted by atomic mass is 9.71. The molecule has 3 heterocycles. The molecule has 2 aliphatic rings. The van der Waals surface area contributed by atoms with E-state index in [9.17, 15) is 18.3 Å². The number of aliphatic hydroxyl groups is 1. The lowest BCUT2D eigenvalue weighted by molar-refractivity contribution is 0.0805. The van der Waals surface area contributed by atoms with Crippen LogP contribution in [-0.4, -0.2) is 61.2 Å². The van der Waals surface area contributed by atoms with Gasteiger partial charge in [0.15, 0.2) is 5.78 Å². The van der Waals surface area contributed by atoms with Crippen LogP contribution in [0.4, 0.5) is 5.69 Å². The number of aromatic nitrogens is 1. The maximum Gasteiger partial charge on any atom is 0.229 e. The summed E-state index contributed by atoms with van der Waals surface area (Å²) in [5, 5.41) is 10.9. The largest absolute Gasteiger partial charge is 0.393 e. The SMILES string of the molecule is CC(C)(C)[C@H]1CCc2nc3sc(C(=O)C[C@H](CCN4CCC(O)CC4)c4cccc(NS(C)(=O)=O)c4)cc3cc2C1. The number of rotatable bonds is 9. The molecule has 1 fully saturated rings. The van der Waals surface area contributed by atoms with E-state index in [1.165, 1.54) is 22.6 Å². The summed E-state index contributed by atoms with van der Waals surface area (Å²) in [6.07, 6.45) is 6.75. The van der Waals surface area contributed by atoms with E-state index in [4.69, 9.17) is 4.98 Å². The van der Waals surface area contributed by atoms with E-state index in [1.54, 1.807) is 6.07 Å². The van der Waals surface area contributed by atoms with E-state index in [-0.39, 0.29) is 23.2 Å². The van der Waals surface area contributed by atoms with Gasteiger partial charge in [0.05, 0.1) is 17.2 Å². The van der Waals surface area contributed by atoms with E-state index in [0.29, 0.717) is 18.0 Å². The van der Waals surface area contributed by atoms with Gasteiger partial charge in [-0.2, -0.15) is 0 Å². The zero-order valence-electron chi connectivity index (χ0n) is 24.7. The van der Waals surface area contributed by atoms with Crippen molar-refractivity contribution in [2.75, 3.05) is 30.6 Å². The number of thiophene rings is 1. The molecule has 3 aromatic rings. The van der Waals surface area contributed by atoms with Crippen LogP contribution < -0.4 is 4.72 Å². The first-order valence-corrected chi connectivity index (χ1v) is 17.5. The number of carbonyl (C=O) groups is 1. The summed E-state index contributed by atoms with van der Waals surface area (Å²) in [5.74, 6) is 0.666. The van der Waals surface area contributed by atoms with Crippen LogP contribution in [0.15, 0.2) is 36.4 Å². The van der Waals surface area contributed by atoms with Gasteiger partial charge in [-0.1, -0.05) is 32.9 Å². The number of likely N-dealkylation sites (tertiary alicyclic amines) is 1. The first kappa shape index (κ1) is 30.1. The molecule has 222 valence electrons. The molecule has 1 aliphatic carbocycles. The summed E-state index contributed by atoms with van der Waals surface area (Å²) in [4.78, 5) is 22.7. The number of sulfonamides is 1. The first-order chi connectivity index (χ1) is 19.3. The third kappa shape index (κ3) is 7.74. The number of ketones is 1. The smallest absolute Gasteiger partial charge is 0.229 e. The molecule has 0 spiro atoms. The van der Waals surface area contributed by atoms with E-state index >= 15 is 0 Å². The van der Waals surface area contributed by atoms with Crippen LogP contribution in [0, 0.1) is 11.3 Å². The number of carbonyl (C=O) groups excluding carboxylic acids is 1. The second-order valence-corrected chi connectivity index (χ2v) is 15.9. The molecule has 41 heavy (non-hydrogen) atoms. The van der Waals surface area contributed by atoms with Crippen molar-refractivity contribution in [3.63, 3.8) is 0 Å². The van der Waals surface area contributed by atoms with Gasteiger partial charge in [-0.3, -0.25) is 9.52 Å². The Hall–Kier alpha value is -2.33. The van der Waals surface area contributed by atoms with Crippen molar-refractivity contribution >= 4 is 43.0 Å². The molecule has 0 bridgehead atoms. The lowest BCUT2D eigenvalue weighted by Gasteiger charge is -2.34. The van der Waals surface area contributed by atoms with Gasteiger partial charge in [0.1, 0.15) is 4.83 Å². The Balaban J connectivity index is 1.36. The highest BCUT2D eigenvalue weighted by molar-refractivity contribution is 7.92. The molecule has 1 aromatic carbocycles. The zero-order chi connectivity index (χ0) is 29.4. The number of anilines is 1. The Morgan fingerprint density at radius 2 is 1.93 bits per heavy atom. The van der Waals surface area contributed by atoms with Crippen LogP contribution >= 0.6 is 11.3 Å². The summed E-state index contributed by atoms with van der Waals surface area (Å²) in [6.45, 7) is 9.46. The molecule has 2 aromatic heterocycles. The van der Waals surface area contributed by atoms with Crippen molar-refractivity contribution in [2.24, 2.45) is 11.3 Å². The van der Waals surface area contributed by atoms with Crippen LogP contribution in [0.2, 0.25) is 0 Å². The highest BCUT2D eigenvalue weighted by atomic mass is 32.2. The molecular formula is C32H43N3O4S2. The van der Waals surface area contributed by atoms with Gasteiger partial charge in [0.2, 0.25) is 10.0 Å². The van der Waals surface area contributed by atoms with E-state index < -0.39 is 10.0 Å². The molecule has 1 aliphatic heterocycles. The fourth-order valence-electron chi connectivity index (χ4n) is 6.26. The predicted octanol–water partition coefficient (Wildman–Crippen LogP) is 6.02. The summed E-state index contributed by atoms with van der Waals surface area (Å²) in [5.41, 5.74) is 4.22. The van der Waals surface area contributed by atoms with Crippen molar-refractivity contribution in [2.45, 2.75) is 77.7 Å². The minimum atomic E-state index is -3.41. The normalized spacial score (nSPS) is 19.7. The van der Waals surface area contributed by atoms with Crippen LogP contribution in [0.1, 0.15) is 85.3 Å². The zero-order valence-corrected chi connectivity index (χ0v) is 26.3. The van der Waals surface area contributed by atoms with Crippen molar-refractivity contribution in [1.82, 2.24) is 9.88 Å². The molecular weight excluding hydrogens is 555 g/mol. The molecule has 0 radical (unpaired) electrons. The summed E-state index contributed by atoms with van der Waals surface area (Å²) in [6, 6.07) is 11.7. The topological polar surface area (TPSA) is 99.6 Å². The minimum Gasteiger partial charge on any atom is -0.393 e. The number of piperidine rings is 1. The summed E-state index contributed by atoms with van der Waals surface area (Å²) >= 11 is 1.49. The van der Waals surface area contributed by atoms with Crippen molar-refractivity contribution < 1.29 is 18.3 Å². The minimum absolute atomic E-state index is 0.0606. The predicted molar refractivity (Wildman–Crippen MR) is 167 cm³/mol. The number of aliphatic hydroxyl groups excluding tert-OH is 1. The van der Waals surface area contributed by atoms with Crippen LogP contribution in [0.3, 0.4) is 0 Å². The molecule has 0 amide bonds. The van der Waals surface area contributed by atoms with Crippen molar-refractivity contribution in [1.29, 1.82) is 0 Å². The third-order valence-corrected chi connectivity index (χ3v) is 10.5. The average molecular weight is 598 g/mol. The number of fused-ring (bicyclic) bond motifs is 2. The molecule has 7 nitrogen and oxygen atoms in total. The Kier molecular flexibility index (Phi) is 8.90. The summed E-state index contributed by atoms with van der Waals surface area (Å²) < 4.78 is 26.3. The quantitative estimate of drug-likeness (QED) is 0.293. The van der Waals surface area contributed by atoms with Crippen LogP contribution in [0.25, 0.3) is 10.2 Å². The molecule has 9 heteroatoms. The van der Waals surface area contributed by atoms with Gasteiger partial charge in [0, 0.05) is 36.3 Å². The number of pyridine rings is 1. The molecule has 0 unspecified atom stereocenters. The molecule has 2 atom stereocenters. The number of nitrogens with zero attached hydrogens (tertiary/aromatic N) is 2. The van der Waals surface area contributed by atoms with Gasteiger partial charge in [-0.25, -0.2) is 13.4 Å². The monoisotopic (exact) mass is 597 g/mol. The fourth-order valence-corrected chi connectivity index (χ4v) is 7.80. The second-order valence-electron chi connectivity index (χ2n) is 13.1. The maximum absolute atomic E-state index is 13.7. The van der Waals surface area contributed by atoms with Gasteiger partial charge in [0.25, 0.3) is 0 Å². The number of hydrogen-bond donors (Lipinski definition) is 2. The highest BCUT2D eigenvalue weighted by Gasteiger charge is 2.30. The van der Waals surface area contributed by atoms with Gasteiger partial charge < -0.3 is 10.0 Å².